The van der Waals surface area contributed by atoms with E-state index < -0.39 is 0 Å². The molecule has 0 aliphatic carbocycles. The summed E-state index contributed by atoms with van der Waals surface area (Å²) in [5, 5.41) is 0. The average Bonchev–Trinajstić information content (AvgIpc) is 2.93. The van der Waals surface area contributed by atoms with Gasteiger partial charge >= 0.3 is 0 Å². The normalized spacial score (nSPS) is 3.89. The van der Waals surface area contributed by atoms with Crippen LogP contribution in [0.15, 0.2) is 219 Å². The minimum absolute atomic E-state index is 2.37. The maximum absolute atomic E-state index is 3.31. The van der Waals surface area contributed by atoms with Gasteiger partial charge in [0.05, 0.1) is 0 Å². The Morgan fingerprint density at radius 1 is 0.132 bits per heavy atom. The molecule has 0 saturated carbocycles. The van der Waals surface area contributed by atoms with E-state index in [1.807, 2.05) is 0 Å². The lowest BCUT2D eigenvalue weighted by atomic mass is 10.6. The van der Waals surface area contributed by atoms with Crippen molar-refractivity contribution in [2.45, 2.75) is 0 Å². The molecule has 0 aliphatic rings. The Kier molecular flexibility index (Phi) is 22.6. The third kappa shape index (κ3) is 27.8. The maximum Gasteiger partial charge on any atom is 0 e. The molecule has 0 bridgehead atoms. The highest BCUT2D eigenvalue weighted by Gasteiger charge is 1.44. The van der Waals surface area contributed by atoms with Crippen LogP contribution in [0.1, 0.15) is 0 Å². The molecule has 0 heteroatoms. The lowest BCUT2D eigenvalue weighted by Gasteiger charge is -1.41. The number of hydrogen-bond acceptors (Lipinski definition) is 0. The first kappa shape index (κ1) is 29.8. The smallest absolute Gasteiger partial charge is 0 e. The van der Waals surface area contributed by atoms with Gasteiger partial charge in [-0.15, -0.1) is 0 Å². The van der Waals surface area contributed by atoms with Crippen LogP contribution in [0, 0.1) is 0 Å². The van der Waals surface area contributed by atoms with Crippen molar-refractivity contribution >= 4 is 0 Å². The van der Waals surface area contributed by atoms with Gasteiger partial charge in [-0.3, -0.25) is 0 Å². The molecule has 0 atom stereocenters. The van der Waals surface area contributed by atoms with E-state index in [0.29, 0.717) is 0 Å². The second-order valence-corrected chi connectivity index (χ2v) is 4.60. The zero-order valence-corrected chi connectivity index (χ0v) is 19.4. The van der Waals surface area contributed by atoms with Crippen LogP contribution in [0.25, 0.3) is 0 Å². The first-order chi connectivity index (χ1) is 18.9. The standard InChI is InChI=1S/C38H4/c1-3-5-7-9-11-13-15-17-19-21-23-25-27-29-31-33-35-37-38-36-34-32-30-28-26-24-22-20-18-16-14-12-10-8-6-4-2/h1-2H2. The van der Waals surface area contributed by atoms with Gasteiger partial charge in [0.15, 0.2) is 0 Å². The molecule has 0 amide bonds. The first-order valence-corrected chi connectivity index (χ1v) is 9.46. The minimum atomic E-state index is 2.37. The molecule has 0 rings (SSSR count). The van der Waals surface area contributed by atoms with Crippen molar-refractivity contribution in [1.82, 2.24) is 0 Å². The fraction of sp³-hybridized carbons (Fsp3) is 0. The Hall–Kier alpha value is -8.18. The van der Waals surface area contributed by atoms with Gasteiger partial charge in [-0.25, -0.2) is 0 Å². The number of rotatable bonds is 0. The molecule has 0 fully saturated rings. The minimum Gasteiger partial charge on any atom is -0.0687 e. The predicted molar refractivity (Wildman–Crippen MR) is 138 cm³/mol. The van der Waals surface area contributed by atoms with Gasteiger partial charge in [-0.1, -0.05) is 11.5 Å². The van der Waals surface area contributed by atoms with Gasteiger partial charge in [0.1, 0.15) is 0 Å². The molecule has 0 unspecified atom stereocenters. The predicted octanol–water partition coefficient (Wildman–Crippen LogP) is 6.39. The van der Waals surface area contributed by atoms with Gasteiger partial charge in [-0.05, 0) is 105 Å². The van der Waals surface area contributed by atoms with Crippen molar-refractivity contribution in [3.63, 3.8) is 0 Å². The fourth-order valence-corrected chi connectivity index (χ4v) is 1.09. The lowest BCUT2D eigenvalue weighted by molar-refractivity contribution is 2.10. The van der Waals surface area contributed by atoms with Crippen molar-refractivity contribution < 1.29 is 0 Å². The Morgan fingerprint density at radius 2 is 0.211 bits per heavy atom. The van der Waals surface area contributed by atoms with Crippen molar-refractivity contribution in [3.05, 3.63) is 219 Å². The van der Waals surface area contributed by atoms with E-state index >= 15 is 0 Å². The van der Waals surface area contributed by atoms with Crippen molar-refractivity contribution in [3.8, 4) is 0 Å². The van der Waals surface area contributed by atoms with E-state index in [2.05, 4.69) is 219 Å². The van der Waals surface area contributed by atoms with Gasteiger partial charge in [0, 0.05) is 103 Å². The molecule has 0 nitrogen and oxygen atoms in total. The first-order valence-electron chi connectivity index (χ1n) is 9.46. The van der Waals surface area contributed by atoms with Crippen LogP contribution in [0.4, 0.5) is 0 Å². The lowest BCUT2D eigenvalue weighted by Crippen LogP contribution is -1.25. The highest BCUT2D eigenvalue weighted by molar-refractivity contribution is 4.95. The van der Waals surface area contributed by atoms with E-state index in [4.69, 9.17) is 0 Å². The number of hydrogen-bond donors (Lipinski definition) is 0. The zero-order chi connectivity index (χ0) is 27.5. The summed E-state index contributed by atoms with van der Waals surface area (Å²) in [6.07, 6.45) is 0. The van der Waals surface area contributed by atoms with Gasteiger partial charge < -0.3 is 0 Å². The molecule has 0 spiro atoms. The Balaban J connectivity index is 6.02. The molecular weight excluding hydrogens is 456 g/mol. The summed E-state index contributed by atoms with van der Waals surface area (Å²) in [5.41, 5.74) is 89.4. The summed E-state index contributed by atoms with van der Waals surface area (Å²) in [5.74, 6) is 0. The van der Waals surface area contributed by atoms with Crippen LogP contribution in [-0.4, -0.2) is 0 Å². The molecule has 0 N–H and O–H groups in total. The SMILES string of the molecule is C=C=C=C=C=C=C=C=C=C=C=C=C=C=C=C=C=C=C=C=C=C=C=C=C=C=C=C=C=C=C=C=C=C=C=C=C=C. The van der Waals surface area contributed by atoms with Crippen molar-refractivity contribution in [1.29, 1.82) is 0 Å². The molecule has 0 saturated heterocycles. The Labute approximate surface area is 219 Å². The van der Waals surface area contributed by atoms with Gasteiger partial charge in [0.25, 0.3) is 0 Å². The van der Waals surface area contributed by atoms with Crippen molar-refractivity contribution in [2.75, 3.05) is 0 Å². The highest BCUT2D eigenvalue weighted by atomic mass is 13.5. The van der Waals surface area contributed by atoms with E-state index in [-0.39, 0.29) is 0 Å². The molecule has 0 aliphatic heterocycles. The summed E-state index contributed by atoms with van der Waals surface area (Å²) in [7, 11) is 0. The molecule has 0 aromatic carbocycles. The summed E-state index contributed by atoms with van der Waals surface area (Å²) in [6, 6.07) is 0. The molecule has 38 heavy (non-hydrogen) atoms. The summed E-state index contributed by atoms with van der Waals surface area (Å²) in [6.45, 7) is 6.62. The monoisotopic (exact) mass is 460 g/mol. The van der Waals surface area contributed by atoms with E-state index in [0.717, 1.165) is 0 Å². The zero-order valence-electron chi connectivity index (χ0n) is 19.4. The van der Waals surface area contributed by atoms with Crippen LogP contribution in [-0.2, 0) is 0 Å². The van der Waals surface area contributed by atoms with Crippen molar-refractivity contribution in [2.24, 2.45) is 0 Å². The third-order valence-corrected chi connectivity index (χ3v) is 2.24. The molecule has 0 radical (unpaired) electrons. The molecular formula is C38H4. The largest absolute Gasteiger partial charge is 0.0687 e. The van der Waals surface area contributed by atoms with E-state index in [1.165, 1.54) is 0 Å². The highest BCUT2D eigenvalue weighted by Crippen LogP contribution is 1.60. The molecule has 156 valence electrons. The molecule has 0 aromatic heterocycles. The average molecular weight is 460 g/mol. The second kappa shape index (κ2) is 28.8. The summed E-state index contributed by atoms with van der Waals surface area (Å²) in [4.78, 5) is 0. The van der Waals surface area contributed by atoms with Crippen LogP contribution in [0.3, 0.4) is 0 Å². The second-order valence-electron chi connectivity index (χ2n) is 4.60. The summed E-state index contributed by atoms with van der Waals surface area (Å²) < 4.78 is 0. The molecule has 0 aromatic rings. The Morgan fingerprint density at radius 3 is 0.289 bits per heavy atom. The van der Waals surface area contributed by atoms with Crippen LogP contribution in [0.5, 0.6) is 0 Å². The quantitative estimate of drug-likeness (QED) is 0.368. The van der Waals surface area contributed by atoms with Crippen LogP contribution in [0.2, 0.25) is 0 Å². The van der Waals surface area contributed by atoms with E-state index in [9.17, 15) is 0 Å². The fourth-order valence-electron chi connectivity index (χ4n) is 1.09. The molecule has 0 heterocycles. The van der Waals surface area contributed by atoms with Crippen LogP contribution < -0.4 is 0 Å². The topological polar surface area (TPSA) is 0 Å². The van der Waals surface area contributed by atoms with E-state index in [1.54, 1.807) is 0 Å². The Bertz CT molecular complexity index is 2250. The van der Waals surface area contributed by atoms with Gasteiger partial charge in [0.2, 0.25) is 0 Å². The summed E-state index contributed by atoms with van der Waals surface area (Å²) >= 11 is 0. The van der Waals surface area contributed by atoms with Gasteiger partial charge in [-0.2, -0.15) is 0 Å². The maximum atomic E-state index is 3.31. The van der Waals surface area contributed by atoms with Crippen LogP contribution >= 0.6 is 0 Å². The third-order valence-electron chi connectivity index (χ3n) is 2.24.